The van der Waals surface area contributed by atoms with Gasteiger partial charge in [-0.05, 0) is 58.9 Å². The first kappa shape index (κ1) is 35.6. The summed E-state index contributed by atoms with van der Waals surface area (Å²) in [6.45, 7) is 3.16. The Morgan fingerprint density at radius 1 is 0.808 bits per heavy atom. The van der Waals surface area contributed by atoms with Crippen LogP contribution in [0, 0.1) is 0 Å². The van der Waals surface area contributed by atoms with Gasteiger partial charge in [-0.3, -0.25) is 9.59 Å². The fraction of sp³-hybridized carbons (Fsp3) is 0.316. The lowest BCUT2D eigenvalue weighted by molar-refractivity contribution is -0.131. The van der Waals surface area contributed by atoms with Crippen molar-refractivity contribution >= 4 is 34.8 Å². The second-order valence-electron chi connectivity index (χ2n) is 12.5. The van der Waals surface area contributed by atoms with Crippen molar-refractivity contribution in [2.24, 2.45) is 0 Å². The van der Waals surface area contributed by atoms with Crippen LogP contribution >= 0.6 is 0 Å². The third-order valence-electron chi connectivity index (χ3n) is 9.12. The number of benzene rings is 3. The molecule has 3 aromatic carbocycles. The molecule has 1 atom stereocenters. The van der Waals surface area contributed by atoms with E-state index in [0.29, 0.717) is 25.5 Å². The van der Waals surface area contributed by atoms with Gasteiger partial charge in [0.1, 0.15) is 24.7 Å². The molecule has 1 aliphatic heterocycles. The number of aromatic nitrogens is 4. The maximum absolute atomic E-state index is 12.8. The predicted molar refractivity (Wildman–Crippen MR) is 195 cm³/mol. The number of rotatable bonds is 12. The molecule has 1 aliphatic rings. The highest BCUT2D eigenvalue weighted by Crippen LogP contribution is 2.33. The van der Waals surface area contributed by atoms with E-state index in [1.807, 2.05) is 13.0 Å². The lowest BCUT2D eigenvalue weighted by Gasteiger charge is -2.23. The van der Waals surface area contributed by atoms with Gasteiger partial charge in [0.05, 0.1) is 50.6 Å². The maximum Gasteiger partial charge on any atom is 0.407 e. The smallest absolute Gasteiger partial charge is 0.407 e. The van der Waals surface area contributed by atoms with Crippen LogP contribution in [-0.4, -0.2) is 94.1 Å². The fourth-order valence-electron chi connectivity index (χ4n) is 6.42. The van der Waals surface area contributed by atoms with E-state index in [1.165, 1.54) is 14.2 Å². The summed E-state index contributed by atoms with van der Waals surface area (Å²) in [6, 6.07) is 20.7. The average Bonchev–Trinajstić information content (AvgIpc) is 3.97. The Hall–Kier alpha value is -6.18. The molecule has 5 aromatic rings. The number of carbonyl (C=O) groups excluding carboxylic acids is 4. The standard InChI is InChI=1S/C38H42N8O6/c1-4-15-45(34(47)21-41-37(49)51-2)23-33-39-19-31(43-33)29-14-13-27-17-26(11-12-28(27)18-29)24-7-9-25(10-8-24)30-20-40-36(44-30)32-6-5-16-46(32)35(48)22-42-38(50)52-3/h7-14,17-20,32H,4-6,15-16,21-23H2,1-3H3,(H,39,43)(H,40,44)(H,41,49)(H,42,50)/t32-/m0/s1. The largest absolute Gasteiger partial charge is 0.453 e. The molecule has 0 radical (unpaired) electrons. The minimum absolute atomic E-state index is 0.122. The summed E-state index contributed by atoms with van der Waals surface area (Å²) in [6.07, 6.45) is 4.69. The van der Waals surface area contributed by atoms with Gasteiger partial charge in [0.25, 0.3) is 0 Å². The van der Waals surface area contributed by atoms with Crippen LogP contribution in [0.1, 0.15) is 43.9 Å². The highest BCUT2D eigenvalue weighted by Gasteiger charge is 2.32. The number of fused-ring (bicyclic) bond motifs is 1. The molecule has 0 unspecified atom stereocenters. The lowest BCUT2D eigenvalue weighted by Crippen LogP contribution is -2.40. The van der Waals surface area contributed by atoms with Crippen LogP contribution in [0.2, 0.25) is 0 Å². The number of nitrogens with zero attached hydrogens (tertiary/aromatic N) is 4. The van der Waals surface area contributed by atoms with Gasteiger partial charge in [-0.2, -0.15) is 0 Å². The minimum Gasteiger partial charge on any atom is -0.453 e. The summed E-state index contributed by atoms with van der Waals surface area (Å²) in [5.74, 6) is 0.984. The molecule has 52 heavy (non-hydrogen) atoms. The Bertz CT molecular complexity index is 2060. The van der Waals surface area contributed by atoms with Crippen LogP contribution in [0.25, 0.3) is 44.4 Å². The maximum atomic E-state index is 12.8. The molecule has 0 aliphatic carbocycles. The van der Waals surface area contributed by atoms with Gasteiger partial charge in [-0.1, -0.05) is 55.5 Å². The van der Waals surface area contributed by atoms with Crippen molar-refractivity contribution < 1.29 is 28.7 Å². The van der Waals surface area contributed by atoms with Crippen molar-refractivity contribution in [2.75, 3.05) is 40.4 Å². The summed E-state index contributed by atoms with van der Waals surface area (Å²) in [7, 11) is 2.52. The molecule has 0 saturated carbocycles. The summed E-state index contributed by atoms with van der Waals surface area (Å²) < 4.78 is 9.14. The number of methoxy groups -OCH3 is 2. The van der Waals surface area contributed by atoms with E-state index in [1.54, 1.807) is 22.2 Å². The van der Waals surface area contributed by atoms with E-state index in [2.05, 4.69) is 94.6 Å². The molecule has 14 nitrogen and oxygen atoms in total. The fourth-order valence-corrected chi connectivity index (χ4v) is 6.42. The van der Waals surface area contributed by atoms with Crippen molar-refractivity contribution in [1.82, 2.24) is 40.4 Å². The van der Waals surface area contributed by atoms with E-state index in [9.17, 15) is 19.2 Å². The summed E-state index contributed by atoms with van der Waals surface area (Å²) >= 11 is 0. The van der Waals surface area contributed by atoms with E-state index in [0.717, 1.165) is 69.5 Å². The summed E-state index contributed by atoms with van der Waals surface area (Å²) in [4.78, 5) is 67.6. The van der Waals surface area contributed by atoms with Crippen LogP contribution < -0.4 is 10.6 Å². The monoisotopic (exact) mass is 706 g/mol. The molecule has 0 bridgehead atoms. The van der Waals surface area contributed by atoms with Crippen molar-refractivity contribution in [3.63, 3.8) is 0 Å². The topological polar surface area (TPSA) is 175 Å². The molecule has 3 heterocycles. The molecule has 6 rings (SSSR count). The van der Waals surface area contributed by atoms with Crippen LogP contribution in [-0.2, 0) is 25.6 Å². The van der Waals surface area contributed by atoms with Gasteiger partial charge < -0.3 is 39.9 Å². The highest BCUT2D eigenvalue weighted by molar-refractivity contribution is 5.90. The zero-order chi connectivity index (χ0) is 36.6. The SMILES string of the molecule is CCCN(Cc1ncc(-c2ccc3cc(-c4ccc(-c5cnc([C@@H]6CCCN6C(=O)CNC(=O)OC)[nH]5)cc4)ccc3c2)[nH]1)C(=O)CNC(=O)OC. The molecular formula is C38H42N8O6. The van der Waals surface area contributed by atoms with Crippen LogP contribution in [0.3, 0.4) is 0 Å². The Kier molecular flexibility index (Phi) is 11.1. The Labute approximate surface area is 300 Å². The first-order valence-corrected chi connectivity index (χ1v) is 17.2. The summed E-state index contributed by atoms with van der Waals surface area (Å²) in [5.41, 5.74) is 5.83. The number of likely N-dealkylation sites (tertiary alicyclic amines) is 1. The van der Waals surface area contributed by atoms with Gasteiger partial charge in [0.2, 0.25) is 11.8 Å². The van der Waals surface area contributed by atoms with Crippen LogP contribution in [0.4, 0.5) is 9.59 Å². The van der Waals surface area contributed by atoms with Gasteiger partial charge >= 0.3 is 12.2 Å². The van der Waals surface area contributed by atoms with Gasteiger partial charge in [0, 0.05) is 18.7 Å². The third kappa shape index (κ3) is 8.23. The Morgan fingerprint density at radius 2 is 1.42 bits per heavy atom. The van der Waals surface area contributed by atoms with Gasteiger partial charge in [-0.15, -0.1) is 0 Å². The molecule has 1 saturated heterocycles. The lowest BCUT2D eigenvalue weighted by atomic mass is 9.98. The van der Waals surface area contributed by atoms with Crippen molar-refractivity contribution in [1.29, 1.82) is 0 Å². The molecular weight excluding hydrogens is 664 g/mol. The number of amides is 4. The number of hydrogen-bond donors (Lipinski definition) is 4. The average molecular weight is 707 g/mol. The number of aromatic amines is 2. The molecule has 1 fully saturated rings. The highest BCUT2D eigenvalue weighted by atomic mass is 16.5. The molecule has 14 heteroatoms. The van der Waals surface area contributed by atoms with E-state index in [4.69, 9.17) is 0 Å². The molecule has 2 aromatic heterocycles. The van der Waals surface area contributed by atoms with E-state index in [-0.39, 0.29) is 30.9 Å². The molecule has 0 spiro atoms. The molecule has 4 amide bonds. The quantitative estimate of drug-likeness (QED) is 0.133. The number of carbonyl (C=O) groups is 4. The minimum atomic E-state index is -0.649. The number of nitrogens with one attached hydrogen (secondary N) is 4. The molecule has 270 valence electrons. The number of imidazole rings is 2. The van der Waals surface area contributed by atoms with E-state index < -0.39 is 12.2 Å². The van der Waals surface area contributed by atoms with Crippen molar-refractivity contribution in [3.8, 4) is 33.6 Å². The number of alkyl carbamates (subject to hydrolysis) is 2. The Balaban J connectivity index is 1.10. The first-order valence-electron chi connectivity index (χ1n) is 17.2. The zero-order valence-electron chi connectivity index (χ0n) is 29.4. The number of hydrogen-bond acceptors (Lipinski definition) is 8. The van der Waals surface area contributed by atoms with Crippen molar-refractivity contribution in [2.45, 2.75) is 38.8 Å². The van der Waals surface area contributed by atoms with Crippen LogP contribution in [0.5, 0.6) is 0 Å². The number of H-pyrrole nitrogens is 2. The summed E-state index contributed by atoms with van der Waals surface area (Å²) in [5, 5.41) is 7.08. The number of ether oxygens (including phenoxy) is 2. The Morgan fingerprint density at radius 3 is 2.13 bits per heavy atom. The van der Waals surface area contributed by atoms with E-state index >= 15 is 0 Å². The normalized spacial score (nSPS) is 13.9. The zero-order valence-corrected chi connectivity index (χ0v) is 29.4. The van der Waals surface area contributed by atoms with Gasteiger partial charge in [0.15, 0.2) is 0 Å². The molecule has 4 N–H and O–H groups in total. The second-order valence-corrected chi connectivity index (χ2v) is 12.5. The first-order chi connectivity index (χ1) is 25.3. The third-order valence-corrected chi connectivity index (χ3v) is 9.12. The second kappa shape index (κ2) is 16.2. The van der Waals surface area contributed by atoms with Crippen molar-refractivity contribution in [3.05, 3.63) is 84.7 Å². The van der Waals surface area contributed by atoms with Gasteiger partial charge in [-0.25, -0.2) is 19.6 Å². The predicted octanol–water partition coefficient (Wildman–Crippen LogP) is 5.40. The van der Waals surface area contributed by atoms with Crippen LogP contribution in [0.15, 0.2) is 73.1 Å².